The SMILES string of the molecule is O=C(Nc1ccc(Cl)cc1C(F)(F)F)C(Sc1cccc[n+]1O)c1ccccc1. The average molecular weight is 440 g/mol. The largest absolute Gasteiger partial charge is 0.418 e. The number of alkyl halides is 3. The van der Waals surface area contributed by atoms with Crippen LogP contribution in [0.5, 0.6) is 0 Å². The molecule has 0 radical (unpaired) electrons. The van der Waals surface area contributed by atoms with E-state index < -0.39 is 28.6 Å². The number of thioether (sulfide) groups is 1. The van der Waals surface area contributed by atoms with E-state index in [0.717, 1.165) is 28.6 Å². The van der Waals surface area contributed by atoms with Crippen molar-refractivity contribution in [1.29, 1.82) is 0 Å². The first-order valence-corrected chi connectivity index (χ1v) is 9.60. The van der Waals surface area contributed by atoms with Crippen molar-refractivity contribution in [2.45, 2.75) is 16.5 Å². The van der Waals surface area contributed by atoms with Gasteiger partial charge in [-0.1, -0.05) is 41.9 Å². The minimum absolute atomic E-state index is 0.0880. The normalized spacial score (nSPS) is 12.4. The summed E-state index contributed by atoms with van der Waals surface area (Å²) < 4.78 is 40.9. The number of nitrogens with one attached hydrogen (secondary N) is 1. The third-order valence-electron chi connectivity index (χ3n) is 3.93. The molecule has 0 saturated carbocycles. The lowest BCUT2D eigenvalue weighted by Gasteiger charge is -2.18. The van der Waals surface area contributed by atoms with Crippen LogP contribution in [0, 0.1) is 0 Å². The zero-order valence-electron chi connectivity index (χ0n) is 14.7. The van der Waals surface area contributed by atoms with Crippen molar-refractivity contribution < 1.29 is 27.9 Å². The van der Waals surface area contributed by atoms with Gasteiger partial charge < -0.3 is 5.32 Å². The zero-order valence-corrected chi connectivity index (χ0v) is 16.3. The van der Waals surface area contributed by atoms with Crippen LogP contribution in [0.15, 0.2) is 78.0 Å². The smallest absolute Gasteiger partial charge is 0.324 e. The van der Waals surface area contributed by atoms with Crippen LogP contribution in [0.2, 0.25) is 5.02 Å². The lowest BCUT2D eigenvalue weighted by molar-refractivity contribution is -0.932. The molecule has 2 N–H and O–H groups in total. The number of hydrogen-bond acceptors (Lipinski definition) is 3. The fraction of sp³-hybridized carbons (Fsp3) is 0.100. The lowest BCUT2D eigenvalue weighted by Crippen LogP contribution is -2.32. The van der Waals surface area contributed by atoms with Crippen molar-refractivity contribution in [3.8, 4) is 0 Å². The van der Waals surface area contributed by atoms with E-state index in [0.29, 0.717) is 10.6 Å². The third-order valence-corrected chi connectivity index (χ3v) is 5.45. The molecule has 4 nitrogen and oxygen atoms in total. The van der Waals surface area contributed by atoms with Crippen LogP contribution in [0.3, 0.4) is 0 Å². The van der Waals surface area contributed by atoms with Gasteiger partial charge >= 0.3 is 6.18 Å². The Hall–Kier alpha value is -2.71. The van der Waals surface area contributed by atoms with Gasteiger partial charge in [0.15, 0.2) is 0 Å². The number of amides is 1. The van der Waals surface area contributed by atoms with E-state index in [1.54, 1.807) is 48.5 Å². The van der Waals surface area contributed by atoms with Crippen molar-refractivity contribution in [2.24, 2.45) is 0 Å². The molecule has 0 aliphatic carbocycles. The van der Waals surface area contributed by atoms with Gasteiger partial charge in [0.05, 0.1) is 11.3 Å². The highest BCUT2D eigenvalue weighted by molar-refractivity contribution is 8.00. The van der Waals surface area contributed by atoms with Gasteiger partial charge in [0, 0.05) is 21.9 Å². The van der Waals surface area contributed by atoms with Gasteiger partial charge in [-0.25, -0.2) is 0 Å². The molecule has 2 aromatic carbocycles. The summed E-state index contributed by atoms with van der Waals surface area (Å²) in [6.07, 6.45) is -3.29. The van der Waals surface area contributed by atoms with Gasteiger partial charge in [-0.05, 0) is 41.6 Å². The number of pyridine rings is 1. The van der Waals surface area contributed by atoms with Crippen LogP contribution in [0.1, 0.15) is 16.4 Å². The van der Waals surface area contributed by atoms with E-state index in [4.69, 9.17) is 11.6 Å². The molecule has 0 bridgehead atoms. The molecule has 3 aromatic rings. The van der Waals surface area contributed by atoms with Crippen molar-refractivity contribution in [2.75, 3.05) is 5.32 Å². The Morgan fingerprint density at radius 3 is 2.41 bits per heavy atom. The summed E-state index contributed by atoms with van der Waals surface area (Å²) in [5, 5.41) is 11.7. The van der Waals surface area contributed by atoms with E-state index in [1.807, 2.05) is 0 Å². The minimum atomic E-state index is -4.68. The van der Waals surface area contributed by atoms with Gasteiger partial charge in [0.1, 0.15) is 5.25 Å². The monoisotopic (exact) mass is 439 g/mol. The highest BCUT2D eigenvalue weighted by Gasteiger charge is 2.35. The molecule has 0 fully saturated rings. The summed E-state index contributed by atoms with van der Waals surface area (Å²) in [7, 11) is 0. The van der Waals surface area contributed by atoms with Crippen molar-refractivity contribution >= 4 is 35.0 Å². The quantitative estimate of drug-likeness (QED) is 0.320. The molecule has 29 heavy (non-hydrogen) atoms. The highest BCUT2D eigenvalue weighted by atomic mass is 35.5. The first kappa shape index (κ1) is 21.0. The number of rotatable bonds is 5. The number of benzene rings is 2. The Balaban J connectivity index is 1.95. The van der Waals surface area contributed by atoms with Crippen LogP contribution < -0.4 is 10.0 Å². The molecular formula is C20H15ClF3N2O2S+. The molecule has 0 aliphatic rings. The maximum absolute atomic E-state index is 13.4. The van der Waals surface area contributed by atoms with Crippen molar-refractivity contribution in [3.05, 3.63) is 89.1 Å². The minimum Gasteiger partial charge on any atom is -0.324 e. The molecule has 1 aromatic heterocycles. The average Bonchev–Trinajstić information content (AvgIpc) is 2.68. The second kappa shape index (κ2) is 8.75. The second-order valence-electron chi connectivity index (χ2n) is 5.97. The standard InChI is InChI=1S/C20H14ClF3N2O2S/c21-14-9-10-16(15(12-14)20(22,23)24)25-19(27)18(13-6-2-1-3-7-13)29-17-8-4-5-11-26(17)28/h1-12,18H,(H-,25,27,28)/p+1. The second-order valence-corrected chi connectivity index (χ2v) is 7.53. The van der Waals surface area contributed by atoms with Crippen LogP contribution in [-0.2, 0) is 11.0 Å². The fourth-order valence-corrected chi connectivity index (χ4v) is 3.79. The van der Waals surface area contributed by atoms with Gasteiger partial charge in [-0.2, -0.15) is 13.2 Å². The highest BCUT2D eigenvalue weighted by Crippen LogP contribution is 2.39. The molecule has 0 aliphatic heterocycles. The Morgan fingerprint density at radius 1 is 1.07 bits per heavy atom. The molecule has 150 valence electrons. The fourth-order valence-electron chi connectivity index (χ4n) is 2.59. The predicted molar refractivity (Wildman–Crippen MR) is 104 cm³/mol. The summed E-state index contributed by atoms with van der Waals surface area (Å²) in [6, 6.07) is 16.6. The number of halogens is 4. The molecule has 1 heterocycles. The summed E-state index contributed by atoms with van der Waals surface area (Å²) in [6.45, 7) is 0. The number of carbonyl (C=O) groups is 1. The van der Waals surface area contributed by atoms with Gasteiger partial charge in [0.25, 0.3) is 5.03 Å². The maximum atomic E-state index is 13.4. The molecule has 0 spiro atoms. The molecular weight excluding hydrogens is 425 g/mol. The summed E-state index contributed by atoms with van der Waals surface area (Å²) in [4.78, 5) is 13.0. The van der Waals surface area contributed by atoms with Crippen molar-refractivity contribution in [3.63, 3.8) is 0 Å². The zero-order chi connectivity index (χ0) is 21.0. The predicted octanol–water partition coefficient (Wildman–Crippen LogP) is 5.36. The molecule has 3 rings (SSSR count). The molecule has 0 saturated heterocycles. The van der Waals surface area contributed by atoms with Crippen LogP contribution >= 0.6 is 23.4 Å². The van der Waals surface area contributed by atoms with Gasteiger partial charge in [0.2, 0.25) is 12.1 Å². The van der Waals surface area contributed by atoms with E-state index in [-0.39, 0.29) is 5.02 Å². The van der Waals surface area contributed by atoms with Crippen LogP contribution in [0.4, 0.5) is 18.9 Å². The number of hydrogen-bond donors (Lipinski definition) is 2. The molecule has 9 heteroatoms. The Bertz CT molecular complexity index is 1020. The first-order chi connectivity index (χ1) is 13.8. The Morgan fingerprint density at radius 2 is 1.76 bits per heavy atom. The van der Waals surface area contributed by atoms with Gasteiger partial charge in [-0.15, -0.1) is 0 Å². The lowest BCUT2D eigenvalue weighted by atomic mass is 10.1. The Kier molecular flexibility index (Phi) is 6.34. The van der Waals surface area contributed by atoms with Crippen molar-refractivity contribution in [1.82, 2.24) is 0 Å². The topological polar surface area (TPSA) is 53.2 Å². The first-order valence-electron chi connectivity index (χ1n) is 8.35. The van der Waals surface area contributed by atoms with E-state index in [9.17, 15) is 23.2 Å². The summed E-state index contributed by atoms with van der Waals surface area (Å²) >= 11 is 6.70. The van der Waals surface area contributed by atoms with E-state index >= 15 is 0 Å². The number of nitrogens with zero attached hydrogens (tertiary/aromatic N) is 1. The van der Waals surface area contributed by atoms with E-state index in [2.05, 4.69) is 5.32 Å². The summed E-state index contributed by atoms with van der Waals surface area (Å²) in [5.74, 6) is -0.669. The van der Waals surface area contributed by atoms with Crippen LogP contribution in [0.25, 0.3) is 0 Å². The molecule has 1 atom stereocenters. The Labute approximate surface area is 173 Å². The van der Waals surface area contributed by atoms with Crippen LogP contribution in [-0.4, -0.2) is 11.1 Å². The van der Waals surface area contributed by atoms with E-state index in [1.165, 1.54) is 12.3 Å². The maximum Gasteiger partial charge on any atom is 0.418 e. The number of anilines is 1. The number of carbonyl (C=O) groups excluding carboxylic acids is 1. The third kappa shape index (κ3) is 5.21. The van der Waals surface area contributed by atoms with Gasteiger partial charge in [-0.3, -0.25) is 10.0 Å². The molecule has 1 amide bonds. The number of aromatic nitrogens is 1. The summed E-state index contributed by atoms with van der Waals surface area (Å²) in [5.41, 5.74) is -0.855. The molecule has 1 unspecified atom stereocenters.